The Balaban J connectivity index is 1.36. The number of aryl methyl sites for hydroxylation is 1. The van der Waals surface area contributed by atoms with Gasteiger partial charge in [0.2, 0.25) is 5.91 Å². The maximum atomic E-state index is 12.6. The van der Waals surface area contributed by atoms with Gasteiger partial charge in [-0.2, -0.15) is 5.10 Å². The van der Waals surface area contributed by atoms with E-state index in [1.165, 1.54) is 6.20 Å². The Labute approximate surface area is 173 Å². The molecule has 0 bridgehead atoms. The van der Waals surface area contributed by atoms with Crippen molar-refractivity contribution in [3.05, 3.63) is 91.3 Å². The van der Waals surface area contributed by atoms with Crippen LogP contribution < -0.4 is 10.6 Å². The Morgan fingerprint density at radius 1 is 0.967 bits per heavy atom. The Morgan fingerprint density at radius 3 is 2.53 bits per heavy atom. The summed E-state index contributed by atoms with van der Waals surface area (Å²) in [4.78, 5) is 28.7. The predicted molar refractivity (Wildman–Crippen MR) is 113 cm³/mol. The van der Waals surface area contributed by atoms with Crippen LogP contribution in [0, 0.1) is 0 Å². The number of anilines is 2. The maximum Gasteiger partial charge on any atom is 0.258 e. The van der Waals surface area contributed by atoms with E-state index < -0.39 is 0 Å². The van der Waals surface area contributed by atoms with Gasteiger partial charge in [-0.3, -0.25) is 9.59 Å². The molecule has 2 amide bonds. The smallest absolute Gasteiger partial charge is 0.258 e. The molecule has 0 saturated carbocycles. The molecule has 2 aromatic heterocycles. The van der Waals surface area contributed by atoms with Crippen molar-refractivity contribution in [3.8, 4) is 5.69 Å². The first-order valence-corrected chi connectivity index (χ1v) is 9.44. The predicted octanol–water partition coefficient (Wildman–Crippen LogP) is 3.35. The van der Waals surface area contributed by atoms with Crippen LogP contribution in [0.3, 0.4) is 0 Å². The molecule has 4 aromatic rings. The first kappa shape index (κ1) is 19.1. The number of hydrogen-bond acceptors (Lipinski definition) is 4. The number of carbonyl (C=O) groups is 2. The number of aromatic nitrogens is 4. The van der Waals surface area contributed by atoms with E-state index in [-0.39, 0.29) is 11.8 Å². The molecule has 8 heteroatoms. The van der Waals surface area contributed by atoms with E-state index in [0.717, 1.165) is 5.69 Å². The third-order valence-electron chi connectivity index (χ3n) is 4.43. The molecule has 0 fully saturated rings. The van der Waals surface area contributed by atoms with Crippen LogP contribution >= 0.6 is 0 Å². The zero-order valence-electron chi connectivity index (χ0n) is 16.1. The van der Waals surface area contributed by atoms with Gasteiger partial charge >= 0.3 is 0 Å². The summed E-state index contributed by atoms with van der Waals surface area (Å²) in [7, 11) is 0. The lowest BCUT2D eigenvalue weighted by molar-refractivity contribution is -0.116. The molecule has 0 unspecified atom stereocenters. The van der Waals surface area contributed by atoms with Crippen molar-refractivity contribution in [3.63, 3.8) is 0 Å². The van der Waals surface area contributed by atoms with Gasteiger partial charge in [0.15, 0.2) is 0 Å². The highest BCUT2D eigenvalue weighted by Crippen LogP contribution is 2.17. The van der Waals surface area contributed by atoms with Crippen LogP contribution in [-0.2, 0) is 11.3 Å². The fourth-order valence-corrected chi connectivity index (χ4v) is 2.91. The number of benzene rings is 2. The molecule has 2 heterocycles. The molecule has 0 aliphatic carbocycles. The summed E-state index contributed by atoms with van der Waals surface area (Å²) < 4.78 is 3.48. The summed E-state index contributed by atoms with van der Waals surface area (Å²) in [5.41, 5.74) is 2.51. The molecule has 0 radical (unpaired) electrons. The fourth-order valence-electron chi connectivity index (χ4n) is 2.91. The SMILES string of the molecule is O=C(CCn1ccnc1)Nc1cccc(NC(=O)c2cnn(-c3ccccc3)c2)c1. The fraction of sp³-hybridized carbons (Fsp3) is 0.0909. The monoisotopic (exact) mass is 400 g/mol. The van der Waals surface area contributed by atoms with Gasteiger partial charge in [0.05, 0.1) is 23.8 Å². The van der Waals surface area contributed by atoms with Crippen LogP contribution in [0.4, 0.5) is 11.4 Å². The Bertz CT molecular complexity index is 1140. The third kappa shape index (κ3) is 4.79. The van der Waals surface area contributed by atoms with Gasteiger partial charge in [-0.15, -0.1) is 0 Å². The van der Waals surface area contributed by atoms with Gasteiger partial charge in [-0.05, 0) is 30.3 Å². The van der Waals surface area contributed by atoms with Crippen LogP contribution in [0.5, 0.6) is 0 Å². The van der Waals surface area contributed by atoms with Crippen LogP contribution in [0.1, 0.15) is 16.8 Å². The van der Waals surface area contributed by atoms with E-state index in [0.29, 0.717) is 29.9 Å². The van der Waals surface area contributed by atoms with E-state index >= 15 is 0 Å². The molecule has 4 rings (SSSR count). The quantitative estimate of drug-likeness (QED) is 0.497. The number of amides is 2. The van der Waals surface area contributed by atoms with Crippen molar-refractivity contribution in [2.75, 3.05) is 10.6 Å². The number of hydrogen-bond donors (Lipinski definition) is 2. The van der Waals surface area contributed by atoms with Crippen molar-refractivity contribution in [1.82, 2.24) is 19.3 Å². The number of imidazole rings is 1. The third-order valence-corrected chi connectivity index (χ3v) is 4.43. The van der Waals surface area contributed by atoms with Gasteiger partial charge in [-0.25, -0.2) is 9.67 Å². The minimum atomic E-state index is -0.277. The molecular formula is C22H20N6O2. The lowest BCUT2D eigenvalue weighted by atomic mass is 10.2. The molecule has 2 N–H and O–H groups in total. The largest absolute Gasteiger partial charge is 0.337 e. The summed E-state index contributed by atoms with van der Waals surface area (Å²) in [6, 6.07) is 16.6. The van der Waals surface area contributed by atoms with Crippen LogP contribution in [0.15, 0.2) is 85.7 Å². The van der Waals surface area contributed by atoms with E-state index in [2.05, 4.69) is 20.7 Å². The van der Waals surface area contributed by atoms with Crippen LogP contribution in [0.25, 0.3) is 5.69 Å². The molecule has 0 aliphatic heterocycles. The van der Waals surface area contributed by atoms with Crippen LogP contribution in [-0.4, -0.2) is 31.1 Å². The topological polar surface area (TPSA) is 93.8 Å². The number of nitrogens with one attached hydrogen (secondary N) is 2. The average molecular weight is 400 g/mol. The van der Waals surface area contributed by atoms with Gasteiger partial charge in [0.25, 0.3) is 5.91 Å². The van der Waals surface area contributed by atoms with Crippen molar-refractivity contribution >= 4 is 23.2 Å². The molecule has 8 nitrogen and oxygen atoms in total. The Kier molecular flexibility index (Phi) is 5.66. The van der Waals surface area contributed by atoms with E-state index in [1.807, 2.05) is 41.1 Å². The van der Waals surface area contributed by atoms with Crippen molar-refractivity contribution in [2.45, 2.75) is 13.0 Å². The van der Waals surface area contributed by atoms with Gasteiger partial charge in [0, 0.05) is 42.9 Å². The van der Waals surface area contributed by atoms with Crippen molar-refractivity contribution in [2.24, 2.45) is 0 Å². The van der Waals surface area contributed by atoms with E-state index in [4.69, 9.17) is 0 Å². The summed E-state index contributed by atoms with van der Waals surface area (Å²) in [5.74, 6) is -0.392. The summed E-state index contributed by atoms with van der Waals surface area (Å²) >= 11 is 0. The lowest BCUT2D eigenvalue weighted by Gasteiger charge is -2.09. The first-order chi connectivity index (χ1) is 14.7. The van der Waals surface area contributed by atoms with Crippen molar-refractivity contribution in [1.29, 1.82) is 0 Å². The average Bonchev–Trinajstić information content (AvgIpc) is 3.45. The molecule has 150 valence electrons. The molecular weight excluding hydrogens is 380 g/mol. The second-order valence-corrected chi connectivity index (χ2v) is 6.64. The zero-order valence-corrected chi connectivity index (χ0v) is 16.1. The molecule has 0 atom stereocenters. The lowest BCUT2D eigenvalue weighted by Crippen LogP contribution is -2.15. The summed E-state index contributed by atoms with van der Waals surface area (Å²) in [6.07, 6.45) is 8.67. The second kappa shape index (κ2) is 8.87. The summed E-state index contributed by atoms with van der Waals surface area (Å²) in [6.45, 7) is 0.549. The van der Waals surface area contributed by atoms with Gasteiger partial charge in [-0.1, -0.05) is 24.3 Å². The molecule has 0 spiro atoms. The highest BCUT2D eigenvalue weighted by atomic mass is 16.2. The maximum absolute atomic E-state index is 12.6. The molecule has 30 heavy (non-hydrogen) atoms. The first-order valence-electron chi connectivity index (χ1n) is 9.44. The minimum Gasteiger partial charge on any atom is -0.337 e. The summed E-state index contributed by atoms with van der Waals surface area (Å²) in [5, 5.41) is 9.92. The highest BCUT2D eigenvalue weighted by Gasteiger charge is 2.11. The van der Waals surface area contributed by atoms with Gasteiger partial charge < -0.3 is 15.2 Å². The highest BCUT2D eigenvalue weighted by molar-refractivity contribution is 6.04. The number of rotatable bonds is 7. The second-order valence-electron chi connectivity index (χ2n) is 6.64. The van der Waals surface area contributed by atoms with Gasteiger partial charge in [0.1, 0.15) is 0 Å². The zero-order chi connectivity index (χ0) is 20.8. The molecule has 0 saturated heterocycles. The number of para-hydroxylation sites is 1. The Morgan fingerprint density at radius 2 is 1.77 bits per heavy atom. The van der Waals surface area contributed by atoms with Crippen LogP contribution in [0.2, 0.25) is 0 Å². The minimum absolute atomic E-state index is 0.115. The van der Waals surface area contributed by atoms with Crippen molar-refractivity contribution < 1.29 is 9.59 Å². The normalized spacial score (nSPS) is 10.5. The van der Waals surface area contributed by atoms with E-state index in [9.17, 15) is 9.59 Å². The molecule has 0 aliphatic rings. The number of carbonyl (C=O) groups excluding carboxylic acids is 2. The number of nitrogens with zero attached hydrogens (tertiary/aromatic N) is 4. The van der Waals surface area contributed by atoms with E-state index in [1.54, 1.807) is 47.7 Å². The molecule has 2 aromatic carbocycles. The Hall–Kier alpha value is -4.20. The standard InChI is InChI=1S/C22H20N6O2/c29-21(9-11-27-12-10-23-16-27)25-18-5-4-6-19(13-18)26-22(30)17-14-24-28(15-17)20-7-2-1-3-8-20/h1-8,10,12-16H,9,11H2,(H,25,29)(H,26,30).